The molecule has 1 aliphatic carbocycles. The van der Waals surface area contributed by atoms with Gasteiger partial charge in [-0.05, 0) is 6.08 Å². The molecule has 2 rings (SSSR count). The van der Waals surface area contributed by atoms with E-state index in [4.69, 9.17) is 9.47 Å². The van der Waals surface area contributed by atoms with Gasteiger partial charge in [-0.1, -0.05) is 13.8 Å². The smallest absolute Gasteiger partial charge is 0.172 e. The summed E-state index contributed by atoms with van der Waals surface area (Å²) in [5.41, 5.74) is 0.0883. The van der Waals surface area contributed by atoms with Crippen LogP contribution in [-0.4, -0.2) is 19.0 Å². The van der Waals surface area contributed by atoms with Gasteiger partial charge in [0.05, 0.1) is 19.0 Å². The summed E-state index contributed by atoms with van der Waals surface area (Å²) < 4.78 is 24.3. The highest BCUT2D eigenvalue weighted by Gasteiger charge is 2.41. The highest BCUT2D eigenvalue weighted by molar-refractivity contribution is 5.02. The first-order valence-electron chi connectivity index (χ1n) is 5.14. The van der Waals surface area contributed by atoms with Crippen molar-refractivity contribution in [2.45, 2.75) is 38.9 Å². The molecule has 0 aromatic heterocycles. The fraction of sp³-hybridized carbons (Fsp3) is 0.818. The quantitative estimate of drug-likeness (QED) is 0.598. The van der Waals surface area contributed by atoms with Crippen LogP contribution < -0.4 is 0 Å². The summed E-state index contributed by atoms with van der Waals surface area (Å²) in [6.07, 6.45) is 3.22. The molecule has 0 radical (unpaired) electrons. The first-order valence-corrected chi connectivity index (χ1v) is 5.14. The lowest BCUT2D eigenvalue weighted by molar-refractivity contribution is -0.301. The average molecular weight is 200 g/mol. The molecule has 80 valence electrons. The Morgan fingerprint density at radius 1 is 1.29 bits per heavy atom. The Hall–Kier alpha value is -0.410. The van der Waals surface area contributed by atoms with Gasteiger partial charge in [-0.3, -0.25) is 0 Å². The number of hydrogen-bond acceptors (Lipinski definition) is 2. The van der Waals surface area contributed by atoms with Crippen LogP contribution in [0.4, 0.5) is 4.39 Å². The molecule has 3 heteroatoms. The van der Waals surface area contributed by atoms with E-state index in [0.29, 0.717) is 32.5 Å². The van der Waals surface area contributed by atoms with Crippen LogP contribution in [-0.2, 0) is 9.47 Å². The Labute approximate surface area is 84.1 Å². The maximum Gasteiger partial charge on any atom is 0.172 e. The second-order valence-electron chi connectivity index (χ2n) is 5.01. The Kier molecular flexibility index (Phi) is 2.40. The molecule has 1 fully saturated rings. The molecule has 0 N–H and O–H groups in total. The summed E-state index contributed by atoms with van der Waals surface area (Å²) in [5, 5.41) is 0. The molecule has 1 spiro atoms. The summed E-state index contributed by atoms with van der Waals surface area (Å²) in [7, 11) is 0. The molecule has 0 saturated carbocycles. The van der Waals surface area contributed by atoms with Gasteiger partial charge in [-0.15, -0.1) is 0 Å². The minimum Gasteiger partial charge on any atom is -0.349 e. The molecule has 2 aliphatic rings. The molecule has 0 unspecified atom stereocenters. The molecule has 0 aromatic carbocycles. The molecule has 0 aromatic rings. The van der Waals surface area contributed by atoms with E-state index in [1.165, 1.54) is 0 Å². The number of hydrogen-bond donors (Lipinski definition) is 0. The van der Waals surface area contributed by atoms with E-state index in [1.807, 2.05) is 0 Å². The third kappa shape index (κ3) is 1.98. The Balaban J connectivity index is 2.00. The summed E-state index contributed by atoms with van der Waals surface area (Å²) in [5.74, 6) is -0.557. The minimum atomic E-state index is -0.523. The molecule has 0 atom stereocenters. The lowest BCUT2D eigenvalue weighted by Crippen LogP contribution is -2.48. The monoisotopic (exact) mass is 200 g/mol. The number of rotatable bonds is 0. The van der Waals surface area contributed by atoms with Crippen molar-refractivity contribution in [3.63, 3.8) is 0 Å². The minimum absolute atomic E-state index is 0.0346. The van der Waals surface area contributed by atoms with Gasteiger partial charge >= 0.3 is 0 Å². The van der Waals surface area contributed by atoms with Crippen LogP contribution in [0.3, 0.4) is 0 Å². The van der Waals surface area contributed by atoms with Crippen LogP contribution in [0.1, 0.15) is 33.1 Å². The third-order valence-electron chi connectivity index (χ3n) is 2.83. The number of ether oxygens (including phenoxy) is 2. The summed E-state index contributed by atoms with van der Waals surface area (Å²) >= 11 is 0. The van der Waals surface area contributed by atoms with Crippen LogP contribution in [0.25, 0.3) is 0 Å². The van der Waals surface area contributed by atoms with Gasteiger partial charge in [0.2, 0.25) is 0 Å². The Bertz CT molecular complexity index is 248. The van der Waals surface area contributed by atoms with Crippen molar-refractivity contribution in [1.29, 1.82) is 0 Å². The predicted octanol–water partition coefficient (Wildman–Crippen LogP) is 2.79. The number of halogens is 1. The zero-order valence-electron chi connectivity index (χ0n) is 8.81. The van der Waals surface area contributed by atoms with Gasteiger partial charge in [-0.2, -0.15) is 0 Å². The zero-order valence-corrected chi connectivity index (χ0v) is 8.81. The van der Waals surface area contributed by atoms with E-state index < -0.39 is 5.79 Å². The maximum absolute atomic E-state index is 12.8. The molecule has 1 heterocycles. The van der Waals surface area contributed by atoms with Crippen molar-refractivity contribution in [1.82, 2.24) is 0 Å². The topological polar surface area (TPSA) is 18.5 Å². The fourth-order valence-corrected chi connectivity index (χ4v) is 1.78. The average Bonchev–Trinajstić information content (AvgIpc) is 2.16. The zero-order chi connectivity index (χ0) is 10.2. The lowest BCUT2D eigenvalue weighted by atomic mass is 9.92. The van der Waals surface area contributed by atoms with E-state index in [2.05, 4.69) is 13.8 Å². The van der Waals surface area contributed by atoms with Gasteiger partial charge in [-0.25, -0.2) is 4.39 Å². The van der Waals surface area contributed by atoms with Gasteiger partial charge in [0.1, 0.15) is 0 Å². The molecule has 1 saturated heterocycles. The van der Waals surface area contributed by atoms with Crippen molar-refractivity contribution >= 4 is 0 Å². The lowest BCUT2D eigenvalue weighted by Gasteiger charge is -2.44. The van der Waals surface area contributed by atoms with Crippen LogP contribution in [0.15, 0.2) is 11.9 Å². The maximum atomic E-state index is 12.8. The molecule has 1 aliphatic heterocycles. The summed E-state index contributed by atoms with van der Waals surface area (Å²) in [4.78, 5) is 0. The van der Waals surface area contributed by atoms with Gasteiger partial charge < -0.3 is 9.47 Å². The van der Waals surface area contributed by atoms with E-state index in [-0.39, 0.29) is 11.2 Å². The van der Waals surface area contributed by atoms with Crippen LogP contribution in [0.5, 0.6) is 0 Å². The fourth-order valence-electron chi connectivity index (χ4n) is 1.78. The van der Waals surface area contributed by atoms with Gasteiger partial charge in [0.15, 0.2) is 5.79 Å². The van der Waals surface area contributed by atoms with E-state index in [1.54, 1.807) is 6.08 Å². The van der Waals surface area contributed by atoms with Crippen LogP contribution in [0, 0.1) is 5.41 Å². The molecule has 0 amide bonds. The molecule has 0 bridgehead atoms. The Morgan fingerprint density at radius 3 is 2.43 bits per heavy atom. The van der Waals surface area contributed by atoms with Gasteiger partial charge in [0.25, 0.3) is 0 Å². The van der Waals surface area contributed by atoms with E-state index >= 15 is 0 Å². The largest absolute Gasteiger partial charge is 0.349 e. The normalized spacial score (nSPS) is 30.1. The Morgan fingerprint density at radius 2 is 1.93 bits per heavy atom. The predicted molar refractivity (Wildman–Crippen MR) is 51.5 cm³/mol. The van der Waals surface area contributed by atoms with Crippen LogP contribution >= 0.6 is 0 Å². The van der Waals surface area contributed by atoms with Crippen molar-refractivity contribution in [3.8, 4) is 0 Å². The SMILES string of the molecule is CC1(C)COC2(CC=C(F)CC2)OC1. The third-order valence-corrected chi connectivity index (χ3v) is 2.83. The number of allylic oxidation sites excluding steroid dienone is 1. The van der Waals surface area contributed by atoms with Crippen molar-refractivity contribution in [3.05, 3.63) is 11.9 Å². The van der Waals surface area contributed by atoms with Crippen molar-refractivity contribution in [2.24, 2.45) is 5.41 Å². The standard InChI is InChI=1S/C11H17FO2/c1-10(2)7-13-11(14-8-10)5-3-9(12)4-6-11/h3H,4-8H2,1-2H3. The van der Waals surface area contributed by atoms with E-state index in [9.17, 15) is 4.39 Å². The van der Waals surface area contributed by atoms with Crippen molar-refractivity contribution < 1.29 is 13.9 Å². The van der Waals surface area contributed by atoms with Crippen molar-refractivity contribution in [2.75, 3.05) is 13.2 Å². The molecule has 14 heavy (non-hydrogen) atoms. The molecule has 2 nitrogen and oxygen atoms in total. The second-order valence-corrected chi connectivity index (χ2v) is 5.01. The second kappa shape index (κ2) is 3.31. The first-order chi connectivity index (χ1) is 6.52. The van der Waals surface area contributed by atoms with Gasteiger partial charge in [0, 0.05) is 24.7 Å². The summed E-state index contributed by atoms with van der Waals surface area (Å²) in [6, 6.07) is 0. The molecular weight excluding hydrogens is 183 g/mol. The van der Waals surface area contributed by atoms with Crippen LogP contribution in [0.2, 0.25) is 0 Å². The highest BCUT2D eigenvalue weighted by atomic mass is 19.1. The van der Waals surface area contributed by atoms with E-state index in [0.717, 1.165) is 0 Å². The first kappa shape index (κ1) is 10.1. The molecular formula is C11H17FO2. The summed E-state index contributed by atoms with van der Waals surface area (Å²) in [6.45, 7) is 5.61. The highest BCUT2D eigenvalue weighted by Crippen LogP contribution is 2.38.